The smallest absolute Gasteiger partial charge is 0.302 e. The molecule has 1 amide bonds. The van der Waals surface area contributed by atoms with Gasteiger partial charge in [0.1, 0.15) is 11.4 Å². The van der Waals surface area contributed by atoms with E-state index in [0.717, 1.165) is 0 Å². The van der Waals surface area contributed by atoms with Crippen LogP contribution in [0.3, 0.4) is 0 Å². The van der Waals surface area contributed by atoms with Crippen LogP contribution in [-0.2, 0) is 4.79 Å². The largest absolute Gasteiger partial charge is 0.495 e. The number of ether oxygens (including phenoxy) is 1. The number of oxazole rings is 1. The molecule has 7 nitrogen and oxygen atoms in total. The van der Waals surface area contributed by atoms with Gasteiger partial charge in [0.15, 0.2) is 10.9 Å². The first-order chi connectivity index (χ1) is 13.2. The molecule has 0 aliphatic carbocycles. The molecule has 0 saturated heterocycles. The van der Waals surface area contributed by atoms with E-state index >= 15 is 0 Å². The van der Waals surface area contributed by atoms with Crippen LogP contribution in [0, 0.1) is 12.3 Å². The summed E-state index contributed by atoms with van der Waals surface area (Å²) in [5.74, 6) is 0.990. The Morgan fingerprint density at radius 2 is 2.04 bits per heavy atom. The Balaban J connectivity index is 1.81. The van der Waals surface area contributed by atoms with E-state index < -0.39 is 5.41 Å². The van der Waals surface area contributed by atoms with Crippen molar-refractivity contribution in [3.63, 3.8) is 0 Å². The number of hydrogen-bond donors (Lipinski definition) is 2. The Hall–Kier alpha value is -2.58. The summed E-state index contributed by atoms with van der Waals surface area (Å²) in [6.07, 6.45) is 0. The van der Waals surface area contributed by atoms with Gasteiger partial charge >= 0.3 is 6.01 Å². The Morgan fingerprint density at radius 3 is 2.71 bits per heavy atom. The molecule has 0 unspecified atom stereocenters. The summed E-state index contributed by atoms with van der Waals surface area (Å²) in [7, 11) is 1.59. The molecule has 2 N–H and O–H groups in total. The fourth-order valence-electron chi connectivity index (χ4n) is 2.30. The van der Waals surface area contributed by atoms with Gasteiger partial charge in [-0.05, 0) is 25.1 Å². The molecule has 0 fully saturated rings. The number of anilines is 3. The minimum absolute atomic E-state index is 0.159. The Labute approximate surface area is 172 Å². The van der Waals surface area contributed by atoms with Crippen molar-refractivity contribution in [3.8, 4) is 17.2 Å². The molecule has 1 aromatic carbocycles. The normalized spacial score (nSPS) is 11.4. The highest BCUT2D eigenvalue weighted by Crippen LogP contribution is 2.34. The van der Waals surface area contributed by atoms with Crippen LogP contribution < -0.4 is 15.4 Å². The number of carbonyl (C=O) groups is 1. The van der Waals surface area contributed by atoms with Gasteiger partial charge in [0.25, 0.3) is 0 Å². The zero-order valence-corrected chi connectivity index (χ0v) is 17.8. The van der Waals surface area contributed by atoms with Crippen molar-refractivity contribution < 1.29 is 13.9 Å². The molecule has 3 aromatic rings. The van der Waals surface area contributed by atoms with Crippen molar-refractivity contribution in [2.75, 3.05) is 17.7 Å². The average molecular weight is 421 g/mol. The molecule has 148 valence electrons. The van der Waals surface area contributed by atoms with Gasteiger partial charge in [0, 0.05) is 15.8 Å². The van der Waals surface area contributed by atoms with Crippen molar-refractivity contribution in [3.05, 3.63) is 34.3 Å². The fraction of sp³-hybridized carbons (Fsp3) is 0.316. The number of aryl methyl sites for hydroxylation is 1. The maximum absolute atomic E-state index is 12.1. The maximum Gasteiger partial charge on any atom is 0.302 e. The van der Waals surface area contributed by atoms with E-state index in [4.69, 9.17) is 20.8 Å². The summed E-state index contributed by atoms with van der Waals surface area (Å²) in [6.45, 7) is 7.27. The predicted molar refractivity (Wildman–Crippen MR) is 112 cm³/mol. The number of aromatic nitrogens is 2. The lowest BCUT2D eigenvalue weighted by Gasteiger charge is -2.15. The number of benzene rings is 1. The minimum atomic E-state index is -0.545. The quantitative estimate of drug-likeness (QED) is 0.566. The first-order valence-corrected chi connectivity index (χ1v) is 9.78. The molecule has 0 atom stereocenters. The first-order valence-electron chi connectivity index (χ1n) is 8.52. The number of nitrogens with one attached hydrogen (secondary N) is 2. The van der Waals surface area contributed by atoms with E-state index in [2.05, 4.69) is 20.6 Å². The summed E-state index contributed by atoms with van der Waals surface area (Å²) < 4.78 is 11.1. The number of amides is 1. The number of thiazole rings is 1. The van der Waals surface area contributed by atoms with Crippen LogP contribution in [-0.4, -0.2) is 23.0 Å². The molecule has 3 rings (SSSR count). The van der Waals surface area contributed by atoms with Crippen molar-refractivity contribution in [1.82, 2.24) is 9.97 Å². The molecule has 2 aromatic heterocycles. The van der Waals surface area contributed by atoms with E-state index in [1.807, 2.05) is 26.2 Å². The third-order valence-corrected chi connectivity index (χ3v) is 4.83. The lowest BCUT2D eigenvalue weighted by atomic mass is 9.96. The maximum atomic E-state index is 12.1. The number of halogens is 1. The molecular weight excluding hydrogens is 400 g/mol. The van der Waals surface area contributed by atoms with Gasteiger partial charge < -0.3 is 14.5 Å². The summed E-state index contributed by atoms with van der Waals surface area (Å²) >= 11 is 7.47. The standard InChI is InChI=1S/C19H21ClN4O3S/c1-10-15(27-17(21-10)24-16(25)19(2,3)4)13-9-28-18(23-13)22-12-8-11(20)6-7-14(12)26-5/h6-9H,1-5H3,(H,22,23)(H,21,24,25). The van der Waals surface area contributed by atoms with E-state index in [0.29, 0.717) is 38.7 Å². The van der Waals surface area contributed by atoms with Crippen LogP contribution in [0.5, 0.6) is 5.75 Å². The van der Waals surface area contributed by atoms with Gasteiger partial charge in [-0.1, -0.05) is 32.4 Å². The van der Waals surface area contributed by atoms with Crippen molar-refractivity contribution in [2.45, 2.75) is 27.7 Å². The number of carbonyl (C=O) groups excluding carboxylic acids is 1. The second-order valence-electron chi connectivity index (χ2n) is 7.15. The number of nitrogens with zero attached hydrogens (tertiary/aromatic N) is 2. The topological polar surface area (TPSA) is 89.3 Å². The third kappa shape index (κ3) is 4.45. The summed E-state index contributed by atoms with van der Waals surface area (Å²) in [5, 5.41) is 8.97. The number of hydrogen-bond acceptors (Lipinski definition) is 7. The number of rotatable bonds is 5. The van der Waals surface area contributed by atoms with Gasteiger partial charge in [-0.25, -0.2) is 4.98 Å². The average Bonchev–Trinajstić information content (AvgIpc) is 3.20. The minimum Gasteiger partial charge on any atom is -0.495 e. The van der Waals surface area contributed by atoms with Crippen molar-refractivity contribution in [2.24, 2.45) is 5.41 Å². The molecule has 0 saturated carbocycles. The Morgan fingerprint density at radius 1 is 1.29 bits per heavy atom. The van der Waals surface area contributed by atoms with Crippen LogP contribution in [0.4, 0.5) is 16.8 Å². The van der Waals surface area contributed by atoms with Crippen LogP contribution in [0.25, 0.3) is 11.5 Å². The molecule has 28 heavy (non-hydrogen) atoms. The van der Waals surface area contributed by atoms with Crippen LogP contribution in [0.1, 0.15) is 26.5 Å². The van der Waals surface area contributed by atoms with E-state index in [1.165, 1.54) is 11.3 Å². The number of methoxy groups -OCH3 is 1. The first kappa shape index (κ1) is 20.2. The zero-order chi connectivity index (χ0) is 20.5. The third-order valence-electron chi connectivity index (χ3n) is 3.84. The molecule has 2 heterocycles. The van der Waals surface area contributed by atoms with Crippen LogP contribution in [0.15, 0.2) is 28.0 Å². The van der Waals surface area contributed by atoms with Crippen LogP contribution >= 0.6 is 22.9 Å². The second-order valence-corrected chi connectivity index (χ2v) is 8.44. The summed E-state index contributed by atoms with van der Waals surface area (Å²) in [4.78, 5) is 21.0. The molecule has 9 heteroatoms. The van der Waals surface area contributed by atoms with Gasteiger partial charge in [0.05, 0.1) is 18.5 Å². The molecule has 0 aliphatic heterocycles. The van der Waals surface area contributed by atoms with Crippen LogP contribution in [0.2, 0.25) is 5.02 Å². The SMILES string of the molecule is COc1ccc(Cl)cc1Nc1nc(-c2oc(NC(=O)C(C)(C)C)nc2C)cs1. The van der Waals surface area contributed by atoms with Gasteiger partial charge in [-0.2, -0.15) is 4.98 Å². The lowest BCUT2D eigenvalue weighted by molar-refractivity contribution is -0.123. The van der Waals surface area contributed by atoms with Gasteiger partial charge in [-0.15, -0.1) is 11.3 Å². The van der Waals surface area contributed by atoms with E-state index in [9.17, 15) is 4.79 Å². The summed E-state index contributed by atoms with van der Waals surface area (Å²) in [6, 6.07) is 5.46. The van der Waals surface area contributed by atoms with Crippen molar-refractivity contribution in [1.29, 1.82) is 0 Å². The zero-order valence-electron chi connectivity index (χ0n) is 16.2. The van der Waals surface area contributed by atoms with Gasteiger partial charge in [0.2, 0.25) is 5.91 Å². The molecule has 0 radical (unpaired) electrons. The van der Waals surface area contributed by atoms with Crippen molar-refractivity contribution >= 4 is 45.7 Å². The monoisotopic (exact) mass is 420 g/mol. The molecular formula is C19H21ClN4O3S. The molecule has 0 spiro atoms. The van der Waals surface area contributed by atoms with Gasteiger partial charge in [-0.3, -0.25) is 10.1 Å². The highest BCUT2D eigenvalue weighted by atomic mass is 35.5. The molecule has 0 bridgehead atoms. The lowest BCUT2D eigenvalue weighted by Crippen LogP contribution is -2.27. The second kappa shape index (κ2) is 7.81. The highest BCUT2D eigenvalue weighted by molar-refractivity contribution is 7.14. The fourth-order valence-corrected chi connectivity index (χ4v) is 3.18. The Kier molecular flexibility index (Phi) is 5.62. The molecule has 0 aliphatic rings. The summed E-state index contributed by atoms with van der Waals surface area (Å²) in [5.41, 5.74) is 1.43. The predicted octanol–water partition coefficient (Wildman–Crippen LogP) is 5.50. The van der Waals surface area contributed by atoms with E-state index in [-0.39, 0.29) is 11.9 Å². The Bertz CT molecular complexity index is 1010. The highest BCUT2D eigenvalue weighted by Gasteiger charge is 2.24. The van der Waals surface area contributed by atoms with E-state index in [1.54, 1.807) is 32.2 Å².